The minimum absolute atomic E-state index is 0.0422. The van der Waals surface area contributed by atoms with Crippen molar-refractivity contribution in [3.63, 3.8) is 0 Å². The predicted molar refractivity (Wildman–Crippen MR) is 120 cm³/mol. The molecule has 4 heterocycles. The van der Waals surface area contributed by atoms with E-state index in [0.29, 0.717) is 11.3 Å². The van der Waals surface area contributed by atoms with Gasteiger partial charge >= 0.3 is 0 Å². The van der Waals surface area contributed by atoms with Crippen LogP contribution >= 0.6 is 0 Å². The van der Waals surface area contributed by atoms with Crippen molar-refractivity contribution in [3.05, 3.63) is 81.3 Å². The van der Waals surface area contributed by atoms with Gasteiger partial charge in [-0.2, -0.15) is 0 Å². The third-order valence-corrected chi connectivity index (χ3v) is 5.79. The van der Waals surface area contributed by atoms with Crippen molar-refractivity contribution >= 4 is 11.7 Å². The van der Waals surface area contributed by atoms with Gasteiger partial charge < -0.3 is 20.0 Å². The maximum atomic E-state index is 14.6. The molecule has 3 aromatic rings. The lowest BCUT2D eigenvalue weighted by Gasteiger charge is -2.40. The Kier molecular flexibility index (Phi) is 6.55. The van der Waals surface area contributed by atoms with Gasteiger partial charge in [-0.25, -0.2) is 13.8 Å². The fraction of sp³-hybridized carbons (Fsp3) is 0.304. The maximum Gasteiger partial charge on any atom is 0.290 e. The average Bonchev–Trinajstić information content (AvgIpc) is 2.82. The number of pyridine rings is 3. The smallest absolute Gasteiger partial charge is 0.290 e. The third kappa shape index (κ3) is 5.20. The number of alkyl halides is 2. The standard InChI is InChI=1S/C23H23F2N5O4/c1-14(30-10-8-23(24,25)17(13-30)15-4-7-20(31)28-11-15)21(32)29-19-6-5-16(12-27-19)34-18-3-2-9-26-22(18)33/h2-7,9,11-12,14,17H,8,10,13H2,1H3,(H,26,33)(H,28,31)(H,27,29,32). The fourth-order valence-electron chi connectivity index (χ4n) is 3.79. The molecule has 9 nitrogen and oxygen atoms in total. The zero-order valence-electron chi connectivity index (χ0n) is 18.3. The monoisotopic (exact) mass is 471 g/mol. The lowest BCUT2D eigenvalue weighted by atomic mass is 9.87. The summed E-state index contributed by atoms with van der Waals surface area (Å²) in [7, 11) is 0. The van der Waals surface area contributed by atoms with Crippen molar-refractivity contribution in [3.8, 4) is 11.5 Å². The predicted octanol–water partition coefficient (Wildman–Crippen LogP) is 2.70. The molecule has 1 saturated heterocycles. The van der Waals surface area contributed by atoms with Crippen molar-refractivity contribution in [1.82, 2.24) is 19.9 Å². The molecule has 1 fully saturated rings. The van der Waals surface area contributed by atoms with Crippen LogP contribution in [0, 0.1) is 0 Å². The van der Waals surface area contributed by atoms with Crippen LogP contribution in [0.4, 0.5) is 14.6 Å². The Hall–Kier alpha value is -3.86. The second-order valence-corrected chi connectivity index (χ2v) is 8.05. The van der Waals surface area contributed by atoms with Crippen LogP contribution in [0.25, 0.3) is 0 Å². The number of rotatable bonds is 6. The molecule has 0 aliphatic carbocycles. The van der Waals surface area contributed by atoms with Crippen LogP contribution in [-0.4, -0.2) is 50.8 Å². The number of amides is 1. The van der Waals surface area contributed by atoms with E-state index >= 15 is 0 Å². The van der Waals surface area contributed by atoms with E-state index in [0.717, 1.165) is 0 Å². The molecular weight excluding hydrogens is 448 g/mol. The van der Waals surface area contributed by atoms with Crippen LogP contribution < -0.4 is 21.2 Å². The van der Waals surface area contributed by atoms with Crippen LogP contribution in [0.15, 0.2) is 64.6 Å². The Morgan fingerprint density at radius 1 is 1.24 bits per heavy atom. The number of nitrogens with zero attached hydrogens (tertiary/aromatic N) is 2. The van der Waals surface area contributed by atoms with Gasteiger partial charge in [0.25, 0.3) is 11.5 Å². The molecule has 1 aliphatic rings. The summed E-state index contributed by atoms with van der Waals surface area (Å²) in [5.41, 5.74) is -0.440. The van der Waals surface area contributed by atoms with E-state index in [2.05, 4.69) is 20.3 Å². The van der Waals surface area contributed by atoms with Crippen LogP contribution in [-0.2, 0) is 4.79 Å². The number of piperidine rings is 1. The van der Waals surface area contributed by atoms with Gasteiger partial charge in [0.1, 0.15) is 11.6 Å². The largest absolute Gasteiger partial charge is 0.450 e. The van der Waals surface area contributed by atoms with Crippen molar-refractivity contribution in [2.24, 2.45) is 0 Å². The van der Waals surface area contributed by atoms with Crippen LogP contribution in [0.2, 0.25) is 0 Å². The molecule has 34 heavy (non-hydrogen) atoms. The Balaban J connectivity index is 1.40. The highest BCUT2D eigenvalue weighted by atomic mass is 19.3. The van der Waals surface area contributed by atoms with E-state index in [9.17, 15) is 23.2 Å². The van der Waals surface area contributed by atoms with Gasteiger partial charge in [0.2, 0.25) is 11.5 Å². The summed E-state index contributed by atoms with van der Waals surface area (Å²) < 4.78 is 34.7. The molecule has 4 rings (SSSR count). The molecule has 0 radical (unpaired) electrons. The number of carbonyl (C=O) groups is 1. The molecule has 1 amide bonds. The molecule has 3 aromatic heterocycles. The molecule has 3 N–H and O–H groups in total. The molecule has 1 aliphatic heterocycles. The molecule has 0 aromatic carbocycles. The number of ether oxygens (including phenoxy) is 1. The summed E-state index contributed by atoms with van der Waals surface area (Å²) in [6.07, 6.45) is 3.74. The number of hydrogen-bond acceptors (Lipinski definition) is 6. The molecule has 0 spiro atoms. The topological polar surface area (TPSA) is 120 Å². The molecule has 11 heteroatoms. The zero-order chi connectivity index (χ0) is 24.3. The maximum absolute atomic E-state index is 14.6. The van der Waals surface area contributed by atoms with Gasteiger partial charge in [-0.3, -0.25) is 19.3 Å². The number of likely N-dealkylation sites (tertiary alicyclic amines) is 1. The summed E-state index contributed by atoms with van der Waals surface area (Å²) in [5, 5.41) is 2.67. The Morgan fingerprint density at radius 3 is 2.74 bits per heavy atom. The number of H-pyrrole nitrogens is 2. The first-order valence-electron chi connectivity index (χ1n) is 10.7. The Labute approximate surface area is 192 Å². The van der Waals surface area contributed by atoms with Crippen molar-refractivity contribution in [1.29, 1.82) is 0 Å². The number of aromatic amines is 2. The number of aromatic nitrogens is 3. The summed E-state index contributed by atoms with van der Waals surface area (Å²) in [6.45, 7) is 1.65. The first kappa shape index (κ1) is 23.3. The second-order valence-electron chi connectivity index (χ2n) is 8.05. The van der Waals surface area contributed by atoms with Crippen LogP contribution in [0.5, 0.6) is 11.5 Å². The molecule has 0 saturated carbocycles. The summed E-state index contributed by atoms with van der Waals surface area (Å²) in [6, 6.07) is 8.12. The fourth-order valence-corrected chi connectivity index (χ4v) is 3.79. The van der Waals surface area contributed by atoms with Crippen molar-refractivity contribution < 1.29 is 18.3 Å². The minimum atomic E-state index is -2.96. The first-order valence-corrected chi connectivity index (χ1v) is 10.7. The minimum Gasteiger partial charge on any atom is -0.450 e. The van der Waals surface area contributed by atoms with Gasteiger partial charge in [-0.05, 0) is 36.8 Å². The first-order chi connectivity index (χ1) is 16.2. The lowest BCUT2D eigenvalue weighted by molar-refractivity contribution is -0.125. The van der Waals surface area contributed by atoms with E-state index < -0.39 is 30.2 Å². The van der Waals surface area contributed by atoms with Crippen molar-refractivity contribution in [2.45, 2.75) is 31.2 Å². The lowest BCUT2D eigenvalue weighted by Crippen LogP contribution is -2.52. The summed E-state index contributed by atoms with van der Waals surface area (Å²) in [4.78, 5) is 46.5. The quantitative estimate of drug-likeness (QED) is 0.509. The van der Waals surface area contributed by atoms with Gasteiger partial charge in [0.15, 0.2) is 5.75 Å². The summed E-state index contributed by atoms with van der Waals surface area (Å²) in [5.74, 6) is -3.83. The summed E-state index contributed by atoms with van der Waals surface area (Å²) >= 11 is 0. The van der Waals surface area contributed by atoms with Crippen LogP contribution in [0.1, 0.15) is 24.8 Å². The van der Waals surface area contributed by atoms with Crippen molar-refractivity contribution in [2.75, 3.05) is 18.4 Å². The number of halogens is 2. The third-order valence-electron chi connectivity index (χ3n) is 5.79. The van der Waals surface area contributed by atoms with Gasteiger partial charge in [-0.1, -0.05) is 6.07 Å². The van der Waals surface area contributed by atoms with E-state index in [1.807, 2.05) is 0 Å². The highest BCUT2D eigenvalue weighted by Crippen LogP contribution is 2.40. The van der Waals surface area contributed by atoms with E-state index in [1.165, 1.54) is 42.9 Å². The average molecular weight is 471 g/mol. The molecule has 178 valence electrons. The number of nitrogens with one attached hydrogen (secondary N) is 3. The van der Waals surface area contributed by atoms with E-state index in [4.69, 9.17) is 4.74 Å². The van der Waals surface area contributed by atoms with Gasteiger partial charge in [0, 0.05) is 38.0 Å². The highest BCUT2D eigenvalue weighted by Gasteiger charge is 2.46. The molecule has 0 bridgehead atoms. The van der Waals surface area contributed by atoms with E-state index in [-0.39, 0.29) is 35.8 Å². The molecule has 2 unspecified atom stereocenters. The molecule has 2 atom stereocenters. The number of anilines is 1. The zero-order valence-corrected chi connectivity index (χ0v) is 18.3. The van der Waals surface area contributed by atoms with Gasteiger partial charge in [0.05, 0.1) is 18.2 Å². The number of carbonyl (C=O) groups excluding carboxylic acids is 1. The number of hydrogen-bond donors (Lipinski definition) is 3. The second kappa shape index (κ2) is 9.56. The Bertz CT molecular complexity index is 1250. The molecular formula is C23H23F2N5O4. The Morgan fingerprint density at radius 2 is 2.06 bits per heavy atom. The SMILES string of the molecule is CC(C(=O)Nc1ccc(Oc2ccc[nH]c2=O)cn1)N1CCC(F)(F)C(c2ccc(=O)[nH]c2)C1. The normalized spacial score (nSPS) is 18.7. The van der Waals surface area contributed by atoms with E-state index in [1.54, 1.807) is 24.0 Å². The van der Waals surface area contributed by atoms with Crippen LogP contribution in [0.3, 0.4) is 0 Å². The highest BCUT2D eigenvalue weighted by molar-refractivity contribution is 5.93. The van der Waals surface area contributed by atoms with Gasteiger partial charge in [-0.15, -0.1) is 0 Å².